The molecule has 3 aliphatic rings. The predicted molar refractivity (Wildman–Crippen MR) is 107 cm³/mol. The van der Waals surface area contributed by atoms with E-state index in [-0.39, 0.29) is 36.5 Å². The zero-order valence-corrected chi connectivity index (χ0v) is 16.2. The lowest BCUT2D eigenvalue weighted by atomic mass is 9.96. The summed E-state index contributed by atoms with van der Waals surface area (Å²) in [5.41, 5.74) is -0.261. The Kier molecular flexibility index (Phi) is 4.20. The van der Waals surface area contributed by atoms with Gasteiger partial charge in [-0.2, -0.15) is 0 Å². The summed E-state index contributed by atoms with van der Waals surface area (Å²) in [6.45, 7) is -0.443. The number of rotatable bonds is 5. The number of hydrogen-bond acceptors (Lipinski definition) is 5. The summed E-state index contributed by atoms with van der Waals surface area (Å²) in [5, 5.41) is 0. The Morgan fingerprint density at radius 1 is 1.00 bits per heavy atom. The predicted octanol–water partition coefficient (Wildman–Crippen LogP) is 2.55. The number of ether oxygens (including phenoxy) is 1. The standard InChI is InChI=1S/C23H20N2O5/c26-19(15-6-2-1-3-7-15)14-30-22(29)23-13-12-20(27)25(23)18-9-5-4-8-17(18)21(28)24(23)16-10-11-16/h1-9,16H,10-14H2/t23-/m0/s1. The molecule has 1 saturated heterocycles. The van der Waals surface area contributed by atoms with Crippen LogP contribution >= 0.6 is 0 Å². The lowest BCUT2D eigenvalue weighted by Crippen LogP contribution is -2.69. The number of nitrogens with zero attached hydrogens (tertiary/aromatic N) is 2. The molecular weight excluding hydrogens is 384 g/mol. The molecule has 30 heavy (non-hydrogen) atoms. The molecule has 2 heterocycles. The monoisotopic (exact) mass is 404 g/mol. The molecular formula is C23H20N2O5. The highest BCUT2D eigenvalue weighted by molar-refractivity contribution is 6.16. The molecule has 1 saturated carbocycles. The Labute approximate surface area is 173 Å². The molecule has 2 fully saturated rings. The van der Waals surface area contributed by atoms with E-state index in [2.05, 4.69) is 0 Å². The first-order valence-electron chi connectivity index (χ1n) is 10.1. The number of benzene rings is 2. The van der Waals surface area contributed by atoms with Gasteiger partial charge in [0.25, 0.3) is 5.91 Å². The minimum atomic E-state index is -1.53. The smallest absolute Gasteiger partial charge is 0.354 e. The zero-order chi connectivity index (χ0) is 20.9. The SMILES string of the molecule is O=C(COC(=O)[C@]12CCC(=O)N1c1ccccc1C(=O)N2C1CC1)c1ccccc1. The fraction of sp³-hybridized carbons (Fsp3) is 0.304. The van der Waals surface area contributed by atoms with Crippen molar-refractivity contribution in [3.8, 4) is 0 Å². The zero-order valence-electron chi connectivity index (χ0n) is 16.2. The summed E-state index contributed by atoms with van der Waals surface area (Å²) in [6, 6.07) is 15.3. The maximum atomic E-state index is 13.4. The van der Waals surface area contributed by atoms with E-state index in [4.69, 9.17) is 4.74 Å². The molecule has 0 aromatic heterocycles. The van der Waals surface area contributed by atoms with Crippen LogP contribution in [0.1, 0.15) is 46.4 Å². The molecule has 152 valence electrons. The van der Waals surface area contributed by atoms with E-state index < -0.39 is 18.2 Å². The van der Waals surface area contributed by atoms with Crippen LogP contribution in [0.4, 0.5) is 5.69 Å². The Balaban J connectivity index is 1.51. The average molecular weight is 404 g/mol. The van der Waals surface area contributed by atoms with E-state index in [9.17, 15) is 19.2 Å². The van der Waals surface area contributed by atoms with Crippen LogP contribution in [0.5, 0.6) is 0 Å². The van der Waals surface area contributed by atoms with E-state index in [1.54, 1.807) is 54.6 Å². The molecule has 0 N–H and O–H groups in total. The number of Topliss-reactive ketones (excluding diaryl/α,β-unsaturated/α-hetero) is 1. The average Bonchev–Trinajstić information content (AvgIpc) is 3.55. The van der Waals surface area contributed by atoms with E-state index >= 15 is 0 Å². The molecule has 2 aromatic rings. The van der Waals surface area contributed by atoms with Crippen molar-refractivity contribution in [1.82, 2.24) is 4.90 Å². The van der Waals surface area contributed by atoms with Crippen LogP contribution in [0.2, 0.25) is 0 Å². The largest absolute Gasteiger partial charge is 0.454 e. The van der Waals surface area contributed by atoms with Crippen molar-refractivity contribution in [2.24, 2.45) is 0 Å². The lowest BCUT2D eigenvalue weighted by molar-refractivity contribution is -0.156. The van der Waals surface area contributed by atoms with E-state index in [1.165, 1.54) is 9.80 Å². The number of esters is 1. The summed E-state index contributed by atoms with van der Waals surface area (Å²) in [5.74, 6) is -1.57. The fourth-order valence-corrected chi connectivity index (χ4v) is 4.47. The first kappa shape index (κ1) is 18.5. The first-order chi connectivity index (χ1) is 14.5. The van der Waals surface area contributed by atoms with Crippen LogP contribution in [-0.4, -0.2) is 46.8 Å². The van der Waals surface area contributed by atoms with Crippen LogP contribution in [0, 0.1) is 0 Å². The van der Waals surface area contributed by atoms with Gasteiger partial charge in [0.05, 0.1) is 11.3 Å². The molecule has 2 amide bonds. The molecule has 1 aliphatic carbocycles. The molecule has 7 heteroatoms. The highest BCUT2D eigenvalue weighted by atomic mass is 16.5. The van der Waals surface area contributed by atoms with Crippen LogP contribution in [0.25, 0.3) is 0 Å². The van der Waals surface area contributed by atoms with Crippen LogP contribution in [0.15, 0.2) is 54.6 Å². The Morgan fingerprint density at radius 3 is 2.43 bits per heavy atom. The minimum Gasteiger partial charge on any atom is -0.454 e. The highest BCUT2D eigenvalue weighted by Crippen LogP contribution is 2.49. The van der Waals surface area contributed by atoms with Gasteiger partial charge in [-0.15, -0.1) is 0 Å². The molecule has 2 aliphatic heterocycles. The van der Waals surface area contributed by atoms with Crippen LogP contribution < -0.4 is 4.90 Å². The molecule has 0 unspecified atom stereocenters. The number of carbonyl (C=O) groups excluding carboxylic acids is 4. The van der Waals surface area contributed by atoms with Crippen molar-refractivity contribution < 1.29 is 23.9 Å². The van der Waals surface area contributed by atoms with Crippen molar-refractivity contribution in [3.63, 3.8) is 0 Å². The van der Waals surface area contributed by atoms with Gasteiger partial charge in [0.1, 0.15) is 0 Å². The Morgan fingerprint density at radius 2 is 1.70 bits per heavy atom. The molecule has 0 bridgehead atoms. The van der Waals surface area contributed by atoms with E-state index in [0.29, 0.717) is 16.8 Å². The van der Waals surface area contributed by atoms with E-state index in [1.807, 2.05) is 0 Å². The molecule has 1 atom stereocenters. The topological polar surface area (TPSA) is 84.0 Å². The first-order valence-corrected chi connectivity index (χ1v) is 10.1. The van der Waals surface area contributed by atoms with Crippen LogP contribution in [-0.2, 0) is 14.3 Å². The summed E-state index contributed by atoms with van der Waals surface area (Å²) in [7, 11) is 0. The Hall–Kier alpha value is -3.48. The molecule has 2 aromatic carbocycles. The van der Waals surface area contributed by atoms with Gasteiger partial charge in [0.15, 0.2) is 12.4 Å². The van der Waals surface area contributed by atoms with Crippen molar-refractivity contribution in [3.05, 3.63) is 65.7 Å². The maximum Gasteiger partial charge on any atom is 0.354 e. The number of fused-ring (bicyclic) bond motifs is 3. The maximum absolute atomic E-state index is 13.4. The van der Waals surface area contributed by atoms with Gasteiger partial charge < -0.3 is 9.64 Å². The second-order valence-corrected chi connectivity index (χ2v) is 7.83. The quantitative estimate of drug-likeness (QED) is 0.565. The minimum absolute atomic E-state index is 0.114. The van der Waals surface area contributed by atoms with Crippen molar-refractivity contribution in [2.45, 2.75) is 37.4 Å². The second-order valence-electron chi connectivity index (χ2n) is 7.83. The number of para-hydroxylation sites is 1. The summed E-state index contributed by atoms with van der Waals surface area (Å²) >= 11 is 0. The third-order valence-electron chi connectivity index (χ3n) is 5.97. The number of amides is 2. The Bertz CT molecular complexity index is 1060. The van der Waals surface area contributed by atoms with Gasteiger partial charge in [0, 0.05) is 24.4 Å². The number of anilines is 1. The lowest BCUT2D eigenvalue weighted by Gasteiger charge is -2.48. The van der Waals surface area contributed by atoms with Gasteiger partial charge in [-0.25, -0.2) is 4.79 Å². The molecule has 5 rings (SSSR count). The van der Waals surface area contributed by atoms with Gasteiger partial charge in [-0.1, -0.05) is 42.5 Å². The van der Waals surface area contributed by atoms with Gasteiger partial charge in [-0.3, -0.25) is 19.3 Å². The number of ketones is 1. The molecule has 7 nitrogen and oxygen atoms in total. The number of carbonyl (C=O) groups is 4. The third-order valence-corrected chi connectivity index (χ3v) is 5.97. The van der Waals surface area contributed by atoms with Crippen molar-refractivity contribution in [1.29, 1.82) is 0 Å². The number of hydrogen-bond donors (Lipinski definition) is 0. The third kappa shape index (κ3) is 2.65. The molecule has 0 spiro atoms. The van der Waals surface area contributed by atoms with Crippen molar-refractivity contribution in [2.75, 3.05) is 11.5 Å². The highest BCUT2D eigenvalue weighted by Gasteiger charge is 2.64. The summed E-state index contributed by atoms with van der Waals surface area (Å²) in [4.78, 5) is 55.0. The summed E-state index contributed by atoms with van der Waals surface area (Å²) in [6.07, 6.45) is 1.83. The van der Waals surface area contributed by atoms with Gasteiger partial charge >= 0.3 is 5.97 Å². The van der Waals surface area contributed by atoms with Gasteiger partial charge in [0.2, 0.25) is 11.6 Å². The summed E-state index contributed by atoms with van der Waals surface area (Å²) < 4.78 is 5.45. The normalized spacial score (nSPS) is 22.5. The molecule has 0 radical (unpaired) electrons. The fourth-order valence-electron chi connectivity index (χ4n) is 4.47. The van der Waals surface area contributed by atoms with Crippen LogP contribution in [0.3, 0.4) is 0 Å². The van der Waals surface area contributed by atoms with Crippen molar-refractivity contribution >= 4 is 29.3 Å². The second kappa shape index (κ2) is 6.79. The van der Waals surface area contributed by atoms with Gasteiger partial charge in [-0.05, 0) is 25.0 Å². The van der Waals surface area contributed by atoms with E-state index in [0.717, 1.165) is 12.8 Å².